The number of nitrogens with zero attached hydrogens (tertiary/aromatic N) is 1. The summed E-state index contributed by atoms with van der Waals surface area (Å²) >= 11 is 1.57. The number of hydrogen-bond donors (Lipinski definition) is 1. The maximum atomic E-state index is 12.4. The van der Waals surface area contributed by atoms with Crippen molar-refractivity contribution in [1.82, 2.24) is 10.2 Å². The molecule has 2 heterocycles. The van der Waals surface area contributed by atoms with E-state index in [2.05, 4.69) is 5.32 Å². The molecule has 0 aromatic carbocycles. The van der Waals surface area contributed by atoms with Gasteiger partial charge in [0.2, 0.25) is 5.91 Å². The molecule has 0 spiro atoms. The zero-order valence-corrected chi connectivity index (χ0v) is 12.7. The second-order valence-corrected chi connectivity index (χ2v) is 5.74. The molecule has 1 aliphatic rings. The Bertz CT molecular complexity index is 442. The predicted molar refractivity (Wildman–Crippen MR) is 77.4 cm³/mol. The summed E-state index contributed by atoms with van der Waals surface area (Å²) < 4.78 is 29.0. The summed E-state index contributed by atoms with van der Waals surface area (Å²) in [5.74, 6) is 0.0219. The molecule has 2 rings (SSSR count). The Labute approximate surface area is 127 Å². The average molecular weight is 318 g/mol. The number of hydrogen-bond acceptors (Lipinski definition) is 4. The lowest BCUT2D eigenvalue weighted by atomic mass is 10.2. The Morgan fingerprint density at radius 2 is 2.33 bits per heavy atom. The number of alkyl halides is 2. The van der Waals surface area contributed by atoms with E-state index in [1.54, 1.807) is 16.2 Å². The molecule has 1 aromatic heterocycles. The normalized spacial score (nSPS) is 22.5. The zero-order chi connectivity index (χ0) is 15.2. The monoisotopic (exact) mass is 318 g/mol. The van der Waals surface area contributed by atoms with E-state index in [0.717, 1.165) is 18.4 Å². The summed E-state index contributed by atoms with van der Waals surface area (Å²) in [7, 11) is 0. The molecular weight excluding hydrogens is 298 g/mol. The third-order valence-electron chi connectivity index (χ3n) is 3.41. The van der Waals surface area contributed by atoms with Gasteiger partial charge in [-0.1, -0.05) is 13.3 Å². The first-order valence-electron chi connectivity index (χ1n) is 7.08. The number of carbonyl (C=O) groups excluding carboxylic acids is 1. The first-order chi connectivity index (χ1) is 10.1. The van der Waals surface area contributed by atoms with Crippen LogP contribution in [-0.2, 0) is 9.53 Å². The van der Waals surface area contributed by atoms with E-state index in [-0.39, 0.29) is 24.7 Å². The standard InChI is InChI=1S/C14H20F2N2O2S/c1-2-3-11-14(19)18(5-6-20-8-12(15)16)13(17-11)10-4-7-21-9-10/h4,7,9,11-13,17H,2-3,5-6,8H2,1H3. The van der Waals surface area contributed by atoms with E-state index >= 15 is 0 Å². The van der Waals surface area contributed by atoms with Gasteiger partial charge >= 0.3 is 0 Å². The van der Waals surface area contributed by atoms with Crippen LogP contribution in [0.5, 0.6) is 0 Å². The van der Waals surface area contributed by atoms with Crippen molar-refractivity contribution < 1.29 is 18.3 Å². The molecule has 21 heavy (non-hydrogen) atoms. The third kappa shape index (κ3) is 4.21. The minimum absolute atomic E-state index is 0.0219. The molecular formula is C14H20F2N2O2S. The number of nitrogens with one attached hydrogen (secondary N) is 1. The SMILES string of the molecule is CCCC1NC(c2ccsc2)N(CCOCC(F)F)C1=O. The van der Waals surface area contributed by atoms with Crippen LogP contribution in [0, 0.1) is 0 Å². The molecule has 1 aromatic rings. The van der Waals surface area contributed by atoms with Gasteiger partial charge in [0, 0.05) is 6.54 Å². The Morgan fingerprint density at radius 3 is 2.95 bits per heavy atom. The molecule has 1 N–H and O–H groups in total. The molecule has 1 aliphatic heterocycles. The molecule has 0 saturated carbocycles. The van der Waals surface area contributed by atoms with Crippen LogP contribution in [0.2, 0.25) is 0 Å². The number of thiophene rings is 1. The average Bonchev–Trinajstić information content (AvgIpc) is 3.05. The lowest BCUT2D eigenvalue weighted by Crippen LogP contribution is -2.34. The predicted octanol–water partition coefficient (Wildman–Crippen LogP) is 2.63. The van der Waals surface area contributed by atoms with Crippen LogP contribution < -0.4 is 5.32 Å². The highest BCUT2D eigenvalue weighted by Crippen LogP contribution is 2.28. The Morgan fingerprint density at radius 1 is 1.52 bits per heavy atom. The minimum Gasteiger partial charge on any atom is -0.374 e. The first kappa shape index (κ1) is 16.3. The van der Waals surface area contributed by atoms with Crippen molar-refractivity contribution in [3.8, 4) is 0 Å². The highest BCUT2D eigenvalue weighted by Gasteiger charge is 2.38. The van der Waals surface area contributed by atoms with E-state index in [0.29, 0.717) is 6.54 Å². The number of carbonyl (C=O) groups is 1. The molecule has 1 amide bonds. The van der Waals surface area contributed by atoms with Gasteiger partial charge in [-0.3, -0.25) is 10.1 Å². The van der Waals surface area contributed by atoms with Crippen molar-refractivity contribution in [3.63, 3.8) is 0 Å². The highest BCUT2D eigenvalue weighted by atomic mass is 32.1. The van der Waals surface area contributed by atoms with Crippen molar-refractivity contribution in [2.24, 2.45) is 0 Å². The Kier molecular flexibility index (Phi) is 6.08. The maximum absolute atomic E-state index is 12.4. The second-order valence-electron chi connectivity index (χ2n) is 4.96. The molecule has 2 atom stereocenters. The van der Waals surface area contributed by atoms with Gasteiger partial charge in [-0.05, 0) is 28.8 Å². The van der Waals surface area contributed by atoms with Crippen LogP contribution in [0.4, 0.5) is 8.78 Å². The first-order valence-corrected chi connectivity index (χ1v) is 8.02. The van der Waals surface area contributed by atoms with Crippen LogP contribution in [0.15, 0.2) is 16.8 Å². The molecule has 4 nitrogen and oxygen atoms in total. The summed E-state index contributed by atoms with van der Waals surface area (Å²) in [6.45, 7) is 1.89. The summed E-state index contributed by atoms with van der Waals surface area (Å²) in [6.07, 6.45) is -0.975. The summed E-state index contributed by atoms with van der Waals surface area (Å²) in [6, 6.07) is 1.77. The third-order valence-corrected chi connectivity index (χ3v) is 4.11. The fraction of sp³-hybridized carbons (Fsp3) is 0.643. The highest BCUT2D eigenvalue weighted by molar-refractivity contribution is 7.07. The van der Waals surface area contributed by atoms with E-state index in [4.69, 9.17) is 4.74 Å². The van der Waals surface area contributed by atoms with Crippen molar-refractivity contribution >= 4 is 17.2 Å². The fourth-order valence-electron chi connectivity index (χ4n) is 2.46. The number of halogens is 2. The van der Waals surface area contributed by atoms with E-state index < -0.39 is 13.0 Å². The van der Waals surface area contributed by atoms with Crippen LogP contribution in [0.3, 0.4) is 0 Å². The van der Waals surface area contributed by atoms with Gasteiger partial charge in [0.25, 0.3) is 6.43 Å². The zero-order valence-electron chi connectivity index (χ0n) is 11.9. The Balaban J connectivity index is 1.98. The largest absolute Gasteiger partial charge is 0.374 e. The number of rotatable bonds is 8. The molecule has 1 fully saturated rings. The summed E-state index contributed by atoms with van der Waals surface area (Å²) in [5.41, 5.74) is 1.03. The molecule has 0 bridgehead atoms. The molecule has 0 radical (unpaired) electrons. The molecule has 2 unspecified atom stereocenters. The number of amides is 1. The maximum Gasteiger partial charge on any atom is 0.261 e. The number of ether oxygens (including phenoxy) is 1. The Hall–Kier alpha value is -1.05. The van der Waals surface area contributed by atoms with Crippen LogP contribution in [0.25, 0.3) is 0 Å². The lowest BCUT2D eigenvalue weighted by Gasteiger charge is -2.23. The smallest absolute Gasteiger partial charge is 0.261 e. The van der Waals surface area contributed by atoms with Gasteiger partial charge in [0.15, 0.2) is 0 Å². The lowest BCUT2D eigenvalue weighted by molar-refractivity contribution is -0.131. The van der Waals surface area contributed by atoms with Crippen LogP contribution >= 0.6 is 11.3 Å². The molecule has 0 aliphatic carbocycles. The van der Waals surface area contributed by atoms with Gasteiger partial charge < -0.3 is 9.64 Å². The van der Waals surface area contributed by atoms with Gasteiger partial charge in [-0.25, -0.2) is 8.78 Å². The minimum atomic E-state index is -2.47. The van der Waals surface area contributed by atoms with E-state index in [9.17, 15) is 13.6 Å². The van der Waals surface area contributed by atoms with Crippen molar-refractivity contribution in [2.45, 2.75) is 38.4 Å². The van der Waals surface area contributed by atoms with Crippen molar-refractivity contribution in [3.05, 3.63) is 22.4 Å². The molecule has 118 valence electrons. The van der Waals surface area contributed by atoms with E-state index in [1.807, 2.05) is 23.8 Å². The molecule has 7 heteroatoms. The second kappa shape index (κ2) is 7.82. The summed E-state index contributed by atoms with van der Waals surface area (Å²) in [5, 5.41) is 7.27. The van der Waals surface area contributed by atoms with Gasteiger partial charge in [0.1, 0.15) is 12.8 Å². The van der Waals surface area contributed by atoms with Gasteiger partial charge in [-0.15, -0.1) is 0 Å². The quantitative estimate of drug-likeness (QED) is 0.749. The summed E-state index contributed by atoms with van der Waals surface area (Å²) in [4.78, 5) is 14.1. The van der Waals surface area contributed by atoms with Crippen molar-refractivity contribution in [2.75, 3.05) is 19.8 Å². The van der Waals surface area contributed by atoms with Gasteiger partial charge in [0.05, 0.1) is 12.6 Å². The van der Waals surface area contributed by atoms with Gasteiger partial charge in [-0.2, -0.15) is 11.3 Å². The van der Waals surface area contributed by atoms with E-state index in [1.165, 1.54) is 0 Å². The van der Waals surface area contributed by atoms with Crippen molar-refractivity contribution in [1.29, 1.82) is 0 Å². The fourth-order valence-corrected chi connectivity index (χ4v) is 3.13. The van der Waals surface area contributed by atoms with Crippen LogP contribution in [-0.4, -0.2) is 43.0 Å². The topological polar surface area (TPSA) is 41.6 Å². The van der Waals surface area contributed by atoms with Crippen LogP contribution in [0.1, 0.15) is 31.5 Å². The molecule has 1 saturated heterocycles.